The Morgan fingerprint density at radius 3 is 2.65 bits per heavy atom. The van der Waals surface area contributed by atoms with Crippen LogP contribution in [0.5, 0.6) is 0 Å². The van der Waals surface area contributed by atoms with Gasteiger partial charge in [0.1, 0.15) is 0 Å². The highest BCUT2D eigenvalue weighted by atomic mass is 79.9. The average molecular weight is 302 g/mol. The van der Waals surface area contributed by atoms with E-state index in [1.165, 1.54) is 0 Å². The summed E-state index contributed by atoms with van der Waals surface area (Å²) in [4.78, 5) is 2.17. The number of aromatic nitrogens is 2. The van der Waals surface area contributed by atoms with Gasteiger partial charge in [-0.3, -0.25) is 15.0 Å². The highest BCUT2D eigenvalue weighted by Crippen LogP contribution is 2.22. The van der Waals surface area contributed by atoms with Crippen molar-refractivity contribution >= 4 is 21.8 Å². The predicted molar refractivity (Wildman–Crippen MR) is 73.1 cm³/mol. The van der Waals surface area contributed by atoms with E-state index in [0.29, 0.717) is 6.42 Å². The molecule has 1 aromatic rings. The maximum Gasteiger partial charge on any atom is 0.0920 e. The zero-order valence-electron chi connectivity index (χ0n) is 10.8. The van der Waals surface area contributed by atoms with E-state index in [4.69, 9.17) is 11.1 Å². The van der Waals surface area contributed by atoms with Crippen molar-refractivity contribution in [3.05, 3.63) is 15.9 Å². The zero-order valence-corrected chi connectivity index (χ0v) is 12.4. The number of hydrogen-bond acceptors (Lipinski definition) is 3. The lowest BCUT2D eigenvalue weighted by molar-refractivity contribution is 0.247. The van der Waals surface area contributed by atoms with Crippen LogP contribution < -0.4 is 5.73 Å². The number of halogens is 1. The average Bonchev–Trinajstić information content (AvgIpc) is 2.44. The van der Waals surface area contributed by atoms with Gasteiger partial charge >= 0.3 is 0 Å². The van der Waals surface area contributed by atoms with Gasteiger partial charge in [0.2, 0.25) is 0 Å². The second-order valence-electron chi connectivity index (χ2n) is 4.46. The van der Waals surface area contributed by atoms with Crippen LogP contribution in [0.3, 0.4) is 0 Å². The molecule has 0 saturated heterocycles. The Bertz CT molecular complexity index is 412. The van der Waals surface area contributed by atoms with Gasteiger partial charge in [0.05, 0.1) is 21.7 Å². The maximum atomic E-state index is 7.31. The molecule has 0 fully saturated rings. The van der Waals surface area contributed by atoms with E-state index >= 15 is 0 Å². The molecule has 17 heavy (non-hydrogen) atoms. The third-order valence-electron chi connectivity index (χ3n) is 2.93. The summed E-state index contributed by atoms with van der Waals surface area (Å²) in [6, 6.07) is 0.245. The summed E-state index contributed by atoms with van der Waals surface area (Å²) in [6.07, 6.45) is 0.588. The highest BCUT2D eigenvalue weighted by Gasteiger charge is 2.16. The second-order valence-corrected chi connectivity index (χ2v) is 5.26. The SMILES string of the molecule is Cc1nn(C)c(CN(C)C(C)CC(=N)N)c1Br. The molecule has 0 aromatic carbocycles. The van der Waals surface area contributed by atoms with Gasteiger partial charge in [0.25, 0.3) is 0 Å². The van der Waals surface area contributed by atoms with Crippen LogP contribution in [0.25, 0.3) is 0 Å². The Morgan fingerprint density at radius 1 is 1.65 bits per heavy atom. The van der Waals surface area contributed by atoms with E-state index in [1.54, 1.807) is 0 Å². The van der Waals surface area contributed by atoms with Gasteiger partial charge in [0, 0.05) is 26.1 Å². The highest BCUT2D eigenvalue weighted by molar-refractivity contribution is 9.10. The normalized spacial score (nSPS) is 13.1. The molecule has 0 aliphatic rings. The van der Waals surface area contributed by atoms with Crippen LogP contribution in [0.1, 0.15) is 24.7 Å². The number of nitrogens with zero attached hydrogens (tertiary/aromatic N) is 3. The van der Waals surface area contributed by atoms with Crippen LogP contribution in [0.4, 0.5) is 0 Å². The summed E-state index contributed by atoms with van der Waals surface area (Å²) in [6.45, 7) is 4.83. The summed E-state index contributed by atoms with van der Waals surface area (Å²) >= 11 is 3.55. The van der Waals surface area contributed by atoms with E-state index in [9.17, 15) is 0 Å². The predicted octanol–water partition coefficient (Wildman–Crippen LogP) is 1.64. The number of rotatable bonds is 5. The quantitative estimate of drug-likeness (QED) is 0.641. The van der Waals surface area contributed by atoms with Crippen molar-refractivity contribution in [3.63, 3.8) is 0 Å². The van der Waals surface area contributed by atoms with Gasteiger partial charge in [-0.15, -0.1) is 0 Å². The monoisotopic (exact) mass is 301 g/mol. The Hall–Kier alpha value is -0.880. The van der Waals surface area contributed by atoms with E-state index in [0.717, 1.165) is 22.4 Å². The number of aryl methyl sites for hydroxylation is 2. The minimum atomic E-state index is 0.226. The van der Waals surface area contributed by atoms with E-state index < -0.39 is 0 Å². The van der Waals surface area contributed by atoms with Gasteiger partial charge in [-0.2, -0.15) is 5.10 Å². The third kappa shape index (κ3) is 3.54. The van der Waals surface area contributed by atoms with Gasteiger partial charge in [0.15, 0.2) is 0 Å². The molecule has 6 heteroatoms. The molecule has 1 heterocycles. The summed E-state index contributed by atoms with van der Waals surface area (Å²) < 4.78 is 2.94. The largest absolute Gasteiger partial charge is 0.388 e. The van der Waals surface area contributed by atoms with Crippen molar-refractivity contribution in [2.75, 3.05) is 7.05 Å². The smallest absolute Gasteiger partial charge is 0.0920 e. The van der Waals surface area contributed by atoms with Crippen LogP contribution >= 0.6 is 15.9 Å². The van der Waals surface area contributed by atoms with Crippen molar-refractivity contribution in [2.45, 2.75) is 32.9 Å². The third-order valence-corrected chi connectivity index (χ3v) is 3.96. The lowest BCUT2D eigenvalue weighted by Gasteiger charge is -2.24. The first-order valence-corrected chi connectivity index (χ1v) is 6.33. The molecule has 1 aromatic heterocycles. The maximum absolute atomic E-state index is 7.31. The fourth-order valence-corrected chi connectivity index (χ4v) is 2.18. The Labute approximate surface area is 111 Å². The minimum Gasteiger partial charge on any atom is -0.388 e. The molecule has 0 aliphatic carbocycles. The van der Waals surface area contributed by atoms with Crippen LogP contribution in [0.2, 0.25) is 0 Å². The number of nitrogens with two attached hydrogens (primary N) is 1. The van der Waals surface area contributed by atoms with Crippen molar-refractivity contribution in [2.24, 2.45) is 12.8 Å². The fourth-order valence-electron chi connectivity index (χ4n) is 1.72. The van der Waals surface area contributed by atoms with E-state index in [-0.39, 0.29) is 11.9 Å². The molecule has 0 radical (unpaired) electrons. The Kier molecular flexibility index (Phi) is 4.70. The molecule has 96 valence electrons. The molecular formula is C11H20BrN5. The van der Waals surface area contributed by atoms with Gasteiger partial charge in [-0.25, -0.2) is 0 Å². The lowest BCUT2D eigenvalue weighted by atomic mass is 10.2. The van der Waals surface area contributed by atoms with Crippen molar-refractivity contribution in [1.82, 2.24) is 14.7 Å². The molecule has 1 rings (SSSR count). The molecule has 1 atom stereocenters. The van der Waals surface area contributed by atoms with Gasteiger partial charge in [-0.1, -0.05) is 0 Å². The second kappa shape index (κ2) is 5.64. The standard InChI is InChI=1S/C11H20BrN5/c1-7(5-10(13)14)16(3)6-9-11(12)8(2)15-17(9)4/h7H,5-6H2,1-4H3,(H3,13,14). The lowest BCUT2D eigenvalue weighted by Crippen LogP contribution is -2.33. The number of nitrogens with one attached hydrogen (secondary N) is 1. The zero-order chi connectivity index (χ0) is 13.2. The van der Waals surface area contributed by atoms with Crippen molar-refractivity contribution in [1.29, 1.82) is 5.41 Å². The minimum absolute atomic E-state index is 0.226. The Balaban J connectivity index is 2.73. The summed E-state index contributed by atoms with van der Waals surface area (Å²) in [5, 5.41) is 11.7. The number of amidine groups is 1. The molecule has 0 bridgehead atoms. The van der Waals surface area contributed by atoms with Crippen molar-refractivity contribution in [3.8, 4) is 0 Å². The Morgan fingerprint density at radius 2 is 2.24 bits per heavy atom. The van der Waals surface area contributed by atoms with E-state index in [2.05, 4.69) is 32.9 Å². The topological polar surface area (TPSA) is 70.9 Å². The molecule has 5 nitrogen and oxygen atoms in total. The molecular weight excluding hydrogens is 282 g/mol. The first-order valence-electron chi connectivity index (χ1n) is 5.54. The van der Waals surface area contributed by atoms with Crippen LogP contribution in [-0.4, -0.2) is 33.6 Å². The summed E-state index contributed by atoms with van der Waals surface area (Å²) in [7, 11) is 3.97. The number of hydrogen-bond donors (Lipinski definition) is 2. The molecule has 0 spiro atoms. The summed E-state index contributed by atoms with van der Waals surface area (Å²) in [5.74, 6) is 0.226. The molecule has 3 N–H and O–H groups in total. The van der Waals surface area contributed by atoms with Gasteiger partial charge < -0.3 is 5.73 Å². The molecule has 0 aliphatic heterocycles. The van der Waals surface area contributed by atoms with Crippen LogP contribution in [0, 0.1) is 12.3 Å². The van der Waals surface area contributed by atoms with E-state index in [1.807, 2.05) is 25.7 Å². The van der Waals surface area contributed by atoms with Crippen molar-refractivity contribution < 1.29 is 0 Å². The van der Waals surface area contributed by atoms with Crippen LogP contribution in [-0.2, 0) is 13.6 Å². The molecule has 1 unspecified atom stereocenters. The first kappa shape index (κ1) is 14.2. The van der Waals surface area contributed by atoms with Crippen LogP contribution in [0.15, 0.2) is 4.47 Å². The fraction of sp³-hybridized carbons (Fsp3) is 0.636. The first-order chi connectivity index (χ1) is 7.82. The summed E-state index contributed by atoms with van der Waals surface area (Å²) in [5.41, 5.74) is 7.55. The van der Waals surface area contributed by atoms with Gasteiger partial charge in [-0.05, 0) is 36.8 Å². The molecule has 0 saturated carbocycles. The molecule has 0 amide bonds.